The van der Waals surface area contributed by atoms with Gasteiger partial charge in [0.15, 0.2) is 0 Å². The zero-order valence-electron chi connectivity index (χ0n) is 17.2. The van der Waals surface area contributed by atoms with Crippen LogP contribution in [-0.2, 0) is 19.6 Å². The largest absolute Gasteiger partial charge is 0.343 e. The summed E-state index contributed by atoms with van der Waals surface area (Å²) in [4.78, 5) is 26.1. The van der Waals surface area contributed by atoms with Crippen LogP contribution < -0.4 is 10.0 Å². The van der Waals surface area contributed by atoms with Crippen LogP contribution in [-0.4, -0.2) is 44.0 Å². The van der Waals surface area contributed by atoms with Gasteiger partial charge in [-0.25, -0.2) is 8.42 Å². The van der Waals surface area contributed by atoms with Gasteiger partial charge in [0.2, 0.25) is 21.8 Å². The Morgan fingerprint density at radius 2 is 1.46 bits per heavy atom. The van der Waals surface area contributed by atoms with E-state index in [2.05, 4.69) is 10.0 Å². The first kappa shape index (κ1) is 23.9. The molecule has 0 unspecified atom stereocenters. The average Bonchev–Trinajstić information content (AvgIpc) is 2.62. The minimum atomic E-state index is -3.33. The Balaban J connectivity index is 2.44. The standard InChI is InChI=1S/C20H33N3O4S/c1-4-14-23(15-5-2)20(25)9-7-8-19(24)21-17-10-12-18(13-11-17)22-28(26,27)16-6-3/h10-13,22H,4-9,14-16H2,1-3H3,(H,21,24). The third-order valence-electron chi connectivity index (χ3n) is 4.05. The monoisotopic (exact) mass is 411 g/mol. The molecule has 1 aromatic rings. The molecule has 8 heteroatoms. The summed E-state index contributed by atoms with van der Waals surface area (Å²) in [5, 5.41) is 2.77. The second-order valence-electron chi connectivity index (χ2n) is 6.78. The minimum Gasteiger partial charge on any atom is -0.343 e. The van der Waals surface area contributed by atoms with Crippen LogP contribution in [0.5, 0.6) is 0 Å². The van der Waals surface area contributed by atoms with Gasteiger partial charge in [-0.3, -0.25) is 14.3 Å². The van der Waals surface area contributed by atoms with Crippen molar-refractivity contribution in [2.24, 2.45) is 0 Å². The van der Waals surface area contributed by atoms with Crippen LogP contribution in [0.15, 0.2) is 24.3 Å². The fourth-order valence-electron chi connectivity index (χ4n) is 2.80. The maximum atomic E-state index is 12.2. The summed E-state index contributed by atoms with van der Waals surface area (Å²) in [6.07, 6.45) is 3.53. The maximum Gasteiger partial charge on any atom is 0.232 e. The van der Waals surface area contributed by atoms with Crippen molar-refractivity contribution in [2.45, 2.75) is 59.3 Å². The molecule has 0 heterocycles. The Kier molecular flexibility index (Phi) is 10.6. The van der Waals surface area contributed by atoms with Crippen LogP contribution in [0.3, 0.4) is 0 Å². The SMILES string of the molecule is CCCN(CCC)C(=O)CCCC(=O)Nc1ccc(NS(=O)(=O)CCC)cc1. The molecule has 158 valence electrons. The molecule has 0 atom stereocenters. The van der Waals surface area contributed by atoms with Gasteiger partial charge in [0, 0.05) is 37.3 Å². The Morgan fingerprint density at radius 3 is 2.00 bits per heavy atom. The van der Waals surface area contributed by atoms with Crippen LogP contribution in [0.2, 0.25) is 0 Å². The smallest absolute Gasteiger partial charge is 0.232 e. The van der Waals surface area contributed by atoms with Crippen molar-refractivity contribution in [2.75, 3.05) is 28.9 Å². The zero-order valence-corrected chi connectivity index (χ0v) is 18.0. The zero-order chi connectivity index (χ0) is 21.0. The van der Waals surface area contributed by atoms with Crippen molar-refractivity contribution in [3.63, 3.8) is 0 Å². The van der Waals surface area contributed by atoms with Crippen LogP contribution in [0, 0.1) is 0 Å². The van der Waals surface area contributed by atoms with Gasteiger partial charge in [-0.05, 0) is 49.9 Å². The number of nitrogens with one attached hydrogen (secondary N) is 2. The lowest BCUT2D eigenvalue weighted by Crippen LogP contribution is -2.32. The molecule has 0 aliphatic carbocycles. The van der Waals surface area contributed by atoms with Gasteiger partial charge < -0.3 is 10.2 Å². The summed E-state index contributed by atoms with van der Waals surface area (Å²) in [6.45, 7) is 7.41. The minimum absolute atomic E-state index is 0.0676. The molecule has 1 rings (SSSR count). The number of benzene rings is 1. The Bertz CT molecular complexity index is 711. The maximum absolute atomic E-state index is 12.2. The average molecular weight is 412 g/mol. The van der Waals surface area contributed by atoms with E-state index in [1.165, 1.54) is 0 Å². The number of rotatable bonds is 13. The molecular weight excluding hydrogens is 378 g/mol. The molecule has 2 N–H and O–H groups in total. The summed E-state index contributed by atoms with van der Waals surface area (Å²) in [7, 11) is -3.33. The van der Waals surface area contributed by atoms with Gasteiger partial charge in [-0.1, -0.05) is 20.8 Å². The van der Waals surface area contributed by atoms with Gasteiger partial charge in [-0.15, -0.1) is 0 Å². The van der Waals surface area contributed by atoms with Crippen LogP contribution in [0.4, 0.5) is 11.4 Å². The predicted octanol–water partition coefficient (Wildman–Crippen LogP) is 3.60. The lowest BCUT2D eigenvalue weighted by Gasteiger charge is -2.21. The number of anilines is 2. The third kappa shape index (κ3) is 9.21. The lowest BCUT2D eigenvalue weighted by atomic mass is 10.2. The number of amides is 2. The van der Waals surface area contributed by atoms with Crippen molar-refractivity contribution >= 4 is 33.2 Å². The highest BCUT2D eigenvalue weighted by Crippen LogP contribution is 2.16. The molecule has 0 spiro atoms. The molecule has 7 nitrogen and oxygen atoms in total. The molecule has 0 bridgehead atoms. The van der Waals surface area contributed by atoms with Crippen LogP contribution >= 0.6 is 0 Å². The first-order valence-corrected chi connectivity index (χ1v) is 11.6. The molecule has 2 amide bonds. The molecule has 28 heavy (non-hydrogen) atoms. The quantitative estimate of drug-likeness (QED) is 0.518. The molecule has 1 aromatic carbocycles. The highest BCUT2D eigenvalue weighted by Gasteiger charge is 2.13. The second kappa shape index (κ2) is 12.4. The predicted molar refractivity (Wildman–Crippen MR) is 114 cm³/mol. The highest BCUT2D eigenvalue weighted by atomic mass is 32.2. The van der Waals surface area contributed by atoms with Gasteiger partial charge in [0.1, 0.15) is 0 Å². The Hall–Kier alpha value is -2.09. The number of sulfonamides is 1. The molecule has 0 radical (unpaired) electrons. The fourth-order valence-corrected chi connectivity index (χ4v) is 3.94. The van der Waals surface area contributed by atoms with E-state index in [0.717, 1.165) is 25.9 Å². The number of carbonyl (C=O) groups is 2. The van der Waals surface area contributed by atoms with Crippen molar-refractivity contribution in [1.29, 1.82) is 0 Å². The number of carbonyl (C=O) groups excluding carboxylic acids is 2. The third-order valence-corrected chi connectivity index (χ3v) is 5.54. The second-order valence-corrected chi connectivity index (χ2v) is 8.62. The van der Waals surface area contributed by atoms with Crippen LogP contribution in [0.1, 0.15) is 59.3 Å². The van der Waals surface area contributed by atoms with E-state index in [0.29, 0.717) is 30.6 Å². The van der Waals surface area contributed by atoms with E-state index in [1.807, 2.05) is 18.7 Å². The molecule has 0 saturated heterocycles. The van der Waals surface area contributed by atoms with Gasteiger partial charge in [0.05, 0.1) is 5.75 Å². The van der Waals surface area contributed by atoms with E-state index in [-0.39, 0.29) is 24.0 Å². The Labute approximate surface area is 168 Å². The topological polar surface area (TPSA) is 95.6 Å². The summed E-state index contributed by atoms with van der Waals surface area (Å²) in [5.74, 6) is 0.00267. The van der Waals surface area contributed by atoms with E-state index < -0.39 is 10.0 Å². The van der Waals surface area contributed by atoms with E-state index in [9.17, 15) is 18.0 Å². The van der Waals surface area contributed by atoms with Crippen molar-refractivity contribution in [3.05, 3.63) is 24.3 Å². The fraction of sp³-hybridized carbons (Fsp3) is 0.600. The molecule has 0 saturated carbocycles. The number of nitrogens with zero attached hydrogens (tertiary/aromatic N) is 1. The normalized spacial score (nSPS) is 11.1. The first-order chi connectivity index (χ1) is 13.3. The van der Waals surface area contributed by atoms with Gasteiger partial charge in [0.25, 0.3) is 0 Å². The summed E-state index contributed by atoms with van der Waals surface area (Å²) < 4.78 is 26.0. The van der Waals surface area contributed by atoms with E-state index >= 15 is 0 Å². The molecule has 0 aliphatic rings. The van der Waals surface area contributed by atoms with Crippen LogP contribution in [0.25, 0.3) is 0 Å². The van der Waals surface area contributed by atoms with E-state index in [1.54, 1.807) is 31.2 Å². The lowest BCUT2D eigenvalue weighted by molar-refractivity contribution is -0.131. The van der Waals surface area contributed by atoms with Gasteiger partial charge in [-0.2, -0.15) is 0 Å². The number of hydrogen-bond donors (Lipinski definition) is 2. The summed E-state index contributed by atoms with van der Waals surface area (Å²) in [6, 6.07) is 6.52. The highest BCUT2D eigenvalue weighted by molar-refractivity contribution is 7.92. The molecule has 0 aromatic heterocycles. The summed E-state index contributed by atoms with van der Waals surface area (Å²) in [5.41, 5.74) is 1.05. The molecule has 0 aliphatic heterocycles. The summed E-state index contributed by atoms with van der Waals surface area (Å²) >= 11 is 0. The van der Waals surface area contributed by atoms with Crippen molar-refractivity contribution in [3.8, 4) is 0 Å². The molecular formula is C20H33N3O4S. The Morgan fingerprint density at radius 1 is 0.893 bits per heavy atom. The van der Waals surface area contributed by atoms with Crippen molar-refractivity contribution < 1.29 is 18.0 Å². The number of hydrogen-bond acceptors (Lipinski definition) is 4. The van der Waals surface area contributed by atoms with Crippen molar-refractivity contribution in [1.82, 2.24) is 4.90 Å². The van der Waals surface area contributed by atoms with E-state index in [4.69, 9.17) is 0 Å². The molecule has 0 fully saturated rings. The van der Waals surface area contributed by atoms with Gasteiger partial charge >= 0.3 is 0 Å². The first-order valence-electron chi connectivity index (χ1n) is 9.99.